The summed E-state index contributed by atoms with van der Waals surface area (Å²) in [5, 5.41) is 7.47. The third-order valence-electron chi connectivity index (χ3n) is 11.6. The van der Waals surface area contributed by atoms with Crippen molar-refractivity contribution in [1.82, 2.24) is 4.57 Å². The van der Waals surface area contributed by atoms with Crippen molar-refractivity contribution in [2.45, 2.75) is 0 Å². The van der Waals surface area contributed by atoms with Crippen LogP contribution in [-0.4, -0.2) is 4.57 Å². The fourth-order valence-electron chi connectivity index (χ4n) is 8.93. The molecule has 0 radical (unpaired) electrons. The lowest BCUT2D eigenvalue weighted by molar-refractivity contribution is 1.18. The largest absolute Gasteiger partial charge is 0.310 e. The molecule has 2 heteroatoms. The van der Waals surface area contributed by atoms with Crippen LogP contribution < -0.4 is 4.90 Å². The standard InChI is InChI=1S/C56H38N2/c1-3-26-47-39(16-1)18-14-31-49(47)41-20-11-23-44(36-41)57(45-24-12-21-42(37-45)50-32-15-19-40-17-2-4-27-48(40)50)54-33-8-5-28-51(54)43-22-13-25-46(38-43)58-55-34-9-6-29-52(55)53-30-7-10-35-56(53)58/h1-38H. The summed E-state index contributed by atoms with van der Waals surface area (Å²) >= 11 is 0. The Labute approximate surface area is 338 Å². The van der Waals surface area contributed by atoms with E-state index in [0.29, 0.717) is 0 Å². The summed E-state index contributed by atoms with van der Waals surface area (Å²) in [6.45, 7) is 0. The van der Waals surface area contributed by atoms with Gasteiger partial charge in [0.1, 0.15) is 0 Å². The fraction of sp³-hybridized carbons (Fsp3) is 0. The first-order chi connectivity index (χ1) is 28.8. The molecule has 0 amide bonds. The molecular weight excluding hydrogens is 701 g/mol. The number of fused-ring (bicyclic) bond motifs is 5. The van der Waals surface area contributed by atoms with Crippen LogP contribution in [0.1, 0.15) is 0 Å². The summed E-state index contributed by atoms with van der Waals surface area (Å²) in [6.07, 6.45) is 0. The minimum absolute atomic E-state index is 1.09. The zero-order valence-corrected chi connectivity index (χ0v) is 31.8. The van der Waals surface area contributed by atoms with E-state index in [0.717, 1.165) is 33.9 Å². The molecule has 0 N–H and O–H groups in total. The summed E-state index contributed by atoms with van der Waals surface area (Å²) in [5.74, 6) is 0. The average Bonchev–Trinajstić information content (AvgIpc) is 3.64. The van der Waals surface area contributed by atoms with Crippen molar-refractivity contribution in [1.29, 1.82) is 0 Å². The predicted molar refractivity (Wildman–Crippen MR) is 247 cm³/mol. The van der Waals surface area contributed by atoms with Gasteiger partial charge in [-0.1, -0.05) is 176 Å². The Morgan fingerprint density at radius 2 is 0.707 bits per heavy atom. The molecule has 0 fully saturated rings. The lowest BCUT2D eigenvalue weighted by Crippen LogP contribution is -2.11. The van der Waals surface area contributed by atoms with Crippen molar-refractivity contribution < 1.29 is 0 Å². The van der Waals surface area contributed by atoms with Gasteiger partial charge < -0.3 is 9.47 Å². The van der Waals surface area contributed by atoms with E-state index in [2.05, 4.69) is 240 Å². The van der Waals surface area contributed by atoms with E-state index in [1.54, 1.807) is 0 Å². The van der Waals surface area contributed by atoms with Gasteiger partial charge in [-0.3, -0.25) is 0 Å². The van der Waals surface area contributed by atoms with Gasteiger partial charge in [0.05, 0.1) is 16.7 Å². The molecule has 10 aromatic carbocycles. The minimum Gasteiger partial charge on any atom is -0.310 e. The molecule has 0 saturated carbocycles. The molecule has 1 aromatic heterocycles. The molecule has 0 unspecified atom stereocenters. The van der Waals surface area contributed by atoms with E-state index in [-0.39, 0.29) is 0 Å². The number of hydrogen-bond acceptors (Lipinski definition) is 1. The molecule has 0 atom stereocenters. The SMILES string of the molecule is c1cc(-c2cccc3ccccc23)cc(N(c2cccc(-c3cccc4ccccc34)c2)c2ccccc2-c2cccc(-n3c4ccccc4c4ccccc43)c2)c1. The molecule has 2 nitrogen and oxygen atoms in total. The molecule has 0 saturated heterocycles. The van der Waals surface area contributed by atoms with Crippen molar-refractivity contribution >= 4 is 60.4 Å². The van der Waals surface area contributed by atoms with Crippen molar-refractivity contribution in [3.05, 3.63) is 231 Å². The van der Waals surface area contributed by atoms with Crippen LogP contribution in [0.2, 0.25) is 0 Å². The van der Waals surface area contributed by atoms with Crippen LogP contribution in [0.4, 0.5) is 17.1 Å². The number of anilines is 3. The number of aromatic nitrogens is 1. The van der Waals surface area contributed by atoms with Crippen LogP contribution in [0, 0.1) is 0 Å². The maximum atomic E-state index is 2.44. The van der Waals surface area contributed by atoms with Crippen molar-refractivity contribution in [3.63, 3.8) is 0 Å². The topological polar surface area (TPSA) is 8.17 Å². The number of hydrogen-bond donors (Lipinski definition) is 0. The molecule has 272 valence electrons. The highest BCUT2D eigenvalue weighted by Crippen LogP contribution is 2.44. The summed E-state index contributed by atoms with van der Waals surface area (Å²) in [5.41, 5.74) is 13.9. The van der Waals surface area contributed by atoms with Crippen LogP contribution in [0.5, 0.6) is 0 Å². The second kappa shape index (κ2) is 14.1. The van der Waals surface area contributed by atoms with E-state index in [1.165, 1.54) is 65.6 Å². The Kier molecular flexibility index (Phi) is 8.19. The monoisotopic (exact) mass is 738 g/mol. The van der Waals surface area contributed by atoms with Gasteiger partial charge in [-0.15, -0.1) is 0 Å². The normalized spacial score (nSPS) is 11.4. The van der Waals surface area contributed by atoms with Gasteiger partial charge in [0.15, 0.2) is 0 Å². The smallest absolute Gasteiger partial charge is 0.0541 e. The molecule has 0 aliphatic heterocycles. The fourth-order valence-corrected chi connectivity index (χ4v) is 8.93. The van der Waals surface area contributed by atoms with Crippen molar-refractivity contribution in [3.8, 4) is 39.1 Å². The van der Waals surface area contributed by atoms with E-state index >= 15 is 0 Å². The zero-order chi connectivity index (χ0) is 38.4. The molecule has 1 heterocycles. The lowest BCUT2D eigenvalue weighted by Gasteiger charge is -2.29. The highest BCUT2D eigenvalue weighted by Gasteiger charge is 2.20. The minimum atomic E-state index is 1.09. The Bertz CT molecular complexity index is 3130. The number of rotatable bonds is 7. The van der Waals surface area contributed by atoms with E-state index in [4.69, 9.17) is 0 Å². The van der Waals surface area contributed by atoms with Gasteiger partial charge in [0.2, 0.25) is 0 Å². The second-order valence-electron chi connectivity index (χ2n) is 14.9. The molecule has 11 aromatic rings. The van der Waals surface area contributed by atoms with Crippen LogP contribution in [0.15, 0.2) is 231 Å². The molecule has 0 aliphatic carbocycles. The van der Waals surface area contributed by atoms with Gasteiger partial charge in [-0.2, -0.15) is 0 Å². The number of para-hydroxylation sites is 3. The second-order valence-corrected chi connectivity index (χ2v) is 14.9. The van der Waals surface area contributed by atoms with Crippen LogP contribution in [0.3, 0.4) is 0 Å². The molecular formula is C56H38N2. The molecule has 0 aliphatic rings. The van der Waals surface area contributed by atoms with Gasteiger partial charge in [-0.05, 0) is 104 Å². The van der Waals surface area contributed by atoms with Crippen molar-refractivity contribution in [2.24, 2.45) is 0 Å². The third kappa shape index (κ3) is 5.74. The Balaban J connectivity index is 1.11. The van der Waals surface area contributed by atoms with E-state index < -0.39 is 0 Å². The molecule has 0 bridgehead atoms. The van der Waals surface area contributed by atoms with E-state index in [9.17, 15) is 0 Å². The average molecular weight is 739 g/mol. The van der Waals surface area contributed by atoms with E-state index in [1.807, 2.05) is 0 Å². The first kappa shape index (κ1) is 33.6. The quantitative estimate of drug-likeness (QED) is 0.158. The van der Waals surface area contributed by atoms with Crippen LogP contribution in [0.25, 0.3) is 82.4 Å². The molecule has 0 spiro atoms. The Morgan fingerprint density at radius 3 is 1.29 bits per heavy atom. The Hall–Kier alpha value is -7.68. The molecule has 58 heavy (non-hydrogen) atoms. The summed E-state index contributed by atoms with van der Waals surface area (Å²) in [4.78, 5) is 2.44. The van der Waals surface area contributed by atoms with Gasteiger partial charge in [-0.25, -0.2) is 0 Å². The first-order valence-corrected chi connectivity index (χ1v) is 19.9. The van der Waals surface area contributed by atoms with Gasteiger partial charge >= 0.3 is 0 Å². The van der Waals surface area contributed by atoms with Gasteiger partial charge in [0.25, 0.3) is 0 Å². The van der Waals surface area contributed by atoms with Crippen molar-refractivity contribution in [2.75, 3.05) is 4.90 Å². The first-order valence-electron chi connectivity index (χ1n) is 19.9. The molecule has 11 rings (SSSR count). The zero-order valence-electron chi connectivity index (χ0n) is 31.8. The number of benzene rings is 10. The highest BCUT2D eigenvalue weighted by molar-refractivity contribution is 6.09. The maximum Gasteiger partial charge on any atom is 0.0541 e. The predicted octanol–water partition coefficient (Wildman–Crippen LogP) is 15.6. The van der Waals surface area contributed by atoms with Crippen LogP contribution >= 0.6 is 0 Å². The van der Waals surface area contributed by atoms with Gasteiger partial charge in [0, 0.05) is 33.4 Å². The summed E-state index contributed by atoms with van der Waals surface area (Å²) in [6, 6.07) is 83.8. The summed E-state index contributed by atoms with van der Waals surface area (Å²) < 4.78 is 2.40. The third-order valence-corrected chi connectivity index (χ3v) is 11.6. The maximum absolute atomic E-state index is 2.44. The number of nitrogens with zero attached hydrogens (tertiary/aromatic N) is 2. The summed E-state index contributed by atoms with van der Waals surface area (Å²) in [7, 11) is 0. The lowest BCUT2D eigenvalue weighted by atomic mass is 9.96. The Morgan fingerprint density at radius 1 is 0.293 bits per heavy atom. The van der Waals surface area contributed by atoms with Crippen LogP contribution in [-0.2, 0) is 0 Å². The highest BCUT2D eigenvalue weighted by atomic mass is 15.1.